The van der Waals surface area contributed by atoms with Crippen LogP contribution in [-0.4, -0.2) is 31.3 Å². The molecule has 1 aliphatic heterocycles. The van der Waals surface area contributed by atoms with Gasteiger partial charge in [0.1, 0.15) is 4.32 Å². The Morgan fingerprint density at radius 1 is 1.42 bits per heavy atom. The molecule has 0 spiro atoms. The first-order chi connectivity index (χ1) is 8.83. The number of nitro benzene ring substituents is 1. The van der Waals surface area contributed by atoms with Gasteiger partial charge in [-0.05, 0) is 26.0 Å². The van der Waals surface area contributed by atoms with Crippen LogP contribution in [0.5, 0.6) is 0 Å². The fraction of sp³-hybridized carbons (Fsp3) is 0.333. The van der Waals surface area contributed by atoms with Crippen LogP contribution in [-0.2, 0) is 0 Å². The van der Waals surface area contributed by atoms with Gasteiger partial charge >= 0.3 is 0 Å². The molecule has 100 valence electrons. The smallest absolute Gasteiger partial charge is 0.269 e. The summed E-state index contributed by atoms with van der Waals surface area (Å²) in [4.78, 5) is 24.1. The third-order valence-electron chi connectivity index (χ3n) is 2.86. The highest BCUT2D eigenvalue weighted by atomic mass is 32.2. The Balaban J connectivity index is 2.29. The second-order valence-corrected chi connectivity index (χ2v) is 6.42. The van der Waals surface area contributed by atoms with Gasteiger partial charge in [-0.15, -0.1) is 0 Å². The van der Waals surface area contributed by atoms with Gasteiger partial charge in [-0.3, -0.25) is 19.8 Å². The van der Waals surface area contributed by atoms with Crippen molar-refractivity contribution in [2.45, 2.75) is 19.4 Å². The Labute approximate surface area is 120 Å². The van der Waals surface area contributed by atoms with Gasteiger partial charge in [0.05, 0.1) is 10.5 Å². The molecule has 0 N–H and O–H groups in total. The lowest BCUT2D eigenvalue weighted by Crippen LogP contribution is -2.45. The van der Waals surface area contributed by atoms with E-state index in [1.165, 1.54) is 36.0 Å². The summed E-state index contributed by atoms with van der Waals surface area (Å²) in [6.07, 6.45) is 0. The SMILES string of the molecule is CC1(C)CSC(=S)N1C(=O)c1ccc([N+](=O)[O-])cc1. The van der Waals surface area contributed by atoms with Crippen LogP contribution in [0.15, 0.2) is 24.3 Å². The van der Waals surface area contributed by atoms with Crippen LogP contribution in [0.2, 0.25) is 0 Å². The van der Waals surface area contributed by atoms with Crippen molar-refractivity contribution in [3.63, 3.8) is 0 Å². The Hall–Kier alpha value is -1.47. The lowest BCUT2D eigenvalue weighted by molar-refractivity contribution is -0.384. The van der Waals surface area contributed by atoms with Gasteiger partial charge < -0.3 is 0 Å². The number of nitro groups is 1. The van der Waals surface area contributed by atoms with Gasteiger partial charge in [-0.2, -0.15) is 0 Å². The maximum atomic E-state index is 12.4. The van der Waals surface area contributed by atoms with Gasteiger partial charge in [0.15, 0.2) is 0 Å². The van der Waals surface area contributed by atoms with E-state index in [1.807, 2.05) is 13.8 Å². The summed E-state index contributed by atoms with van der Waals surface area (Å²) >= 11 is 6.66. The first-order valence-electron chi connectivity index (χ1n) is 5.59. The lowest BCUT2D eigenvalue weighted by atomic mass is 10.0. The van der Waals surface area contributed by atoms with E-state index in [4.69, 9.17) is 12.2 Å². The lowest BCUT2D eigenvalue weighted by Gasteiger charge is -2.30. The zero-order valence-corrected chi connectivity index (χ0v) is 12.1. The van der Waals surface area contributed by atoms with Crippen molar-refractivity contribution < 1.29 is 9.72 Å². The van der Waals surface area contributed by atoms with Crippen molar-refractivity contribution in [3.05, 3.63) is 39.9 Å². The molecular formula is C12H12N2O3S2. The molecule has 0 unspecified atom stereocenters. The number of non-ortho nitro benzene ring substituents is 1. The molecule has 1 heterocycles. The summed E-state index contributed by atoms with van der Waals surface area (Å²) in [6, 6.07) is 5.57. The number of thioether (sulfide) groups is 1. The zero-order chi connectivity index (χ0) is 14.2. The van der Waals surface area contributed by atoms with E-state index >= 15 is 0 Å². The topological polar surface area (TPSA) is 63.5 Å². The molecule has 0 atom stereocenters. The standard InChI is InChI=1S/C12H12N2O3S2/c1-12(2)7-19-11(18)13(12)10(15)8-3-5-9(6-4-8)14(16)17/h3-6H,7H2,1-2H3. The maximum absolute atomic E-state index is 12.4. The third kappa shape index (κ3) is 2.62. The average molecular weight is 296 g/mol. The summed E-state index contributed by atoms with van der Waals surface area (Å²) in [5, 5.41) is 10.6. The summed E-state index contributed by atoms with van der Waals surface area (Å²) in [6.45, 7) is 3.89. The molecule has 7 heteroatoms. The Morgan fingerprint density at radius 2 is 2.00 bits per heavy atom. The molecule has 0 saturated carbocycles. The highest BCUT2D eigenvalue weighted by molar-refractivity contribution is 8.23. The van der Waals surface area contributed by atoms with E-state index in [9.17, 15) is 14.9 Å². The van der Waals surface area contributed by atoms with Crippen molar-refractivity contribution >= 4 is 39.9 Å². The van der Waals surface area contributed by atoms with E-state index < -0.39 is 4.92 Å². The second kappa shape index (κ2) is 4.90. The number of hydrogen-bond acceptors (Lipinski definition) is 5. The molecule has 0 aliphatic carbocycles. The number of hydrogen-bond donors (Lipinski definition) is 0. The molecular weight excluding hydrogens is 284 g/mol. The van der Waals surface area contributed by atoms with Gasteiger partial charge in [0.25, 0.3) is 11.6 Å². The number of benzene rings is 1. The minimum absolute atomic E-state index is 0.0332. The normalized spacial score (nSPS) is 17.6. The number of carbonyl (C=O) groups excluding carboxylic acids is 1. The molecule has 5 nitrogen and oxygen atoms in total. The van der Waals surface area contributed by atoms with Crippen LogP contribution in [0.3, 0.4) is 0 Å². The monoisotopic (exact) mass is 296 g/mol. The van der Waals surface area contributed by atoms with E-state index in [-0.39, 0.29) is 17.1 Å². The van der Waals surface area contributed by atoms with Gasteiger partial charge in [-0.25, -0.2) is 0 Å². The highest BCUT2D eigenvalue weighted by Gasteiger charge is 2.40. The fourth-order valence-electron chi connectivity index (χ4n) is 1.83. The number of thiocarbonyl (C=S) groups is 1. The molecule has 1 fully saturated rings. The Bertz CT molecular complexity index is 555. The Morgan fingerprint density at radius 3 is 2.42 bits per heavy atom. The van der Waals surface area contributed by atoms with Crippen molar-refractivity contribution in [3.8, 4) is 0 Å². The molecule has 1 aromatic carbocycles. The van der Waals surface area contributed by atoms with E-state index in [1.54, 1.807) is 4.90 Å². The van der Waals surface area contributed by atoms with Crippen molar-refractivity contribution in [2.75, 3.05) is 5.75 Å². The van der Waals surface area contributed by atoms with Gasteiger partial charge in [-0.1, -0.05) is 24.0 Å². The van der Waals surface area contributed by atoms with E-state index in [0.29, 0.717) is 9.88 Å². The van der Waals surface area contributed by atoms with Crippen LogP contribution < -0.4 is 0 Å². The van der Waals surface area contributed by atoms with E-state index in [2.05, 4.69) is 0 Å². The first-order valence-corrected chi connectivity index (χ1v) is 6.98. The van der Waals surface area contributed by atoms with Crippen LogP contribution in [0.4, 0.5) is 5.69 Å². The minimum atomic E-state index is -0.492. The minimum Gasteiger partial charge on any atom is -0.287 e. The first kappa shape index (κ1) is 14.0. The molecule has 1 amide bonds. The zero-order valence-electron chi connectivity index (χ0n) is 10.5. The predicted molar refractivity (Wildman–Crippen MR) is 78.4 cm³/mol. The largest absolute Gasteiger partial charge is 0.287 e. The second-order valence-electron chi connectivity index (χ2n) is 4.81. The van der Waals surface area contributed by atoms with Crippen LogP contribution >= 0.6 is 24.0 Å². The predicted octanol–water partition coefficient (Wildman–Crippen LogP) is 2.85. The summed E-state index contributed by atoms with van der Waals surface area (Å²) in [5.41, 5.74) is 0.0401. The van der Waals surface area contributed by atoms with Gasteiger partial charge in [0.2, 0.25) is 0 Å². The molecule has 0 bridgehead atoms. The van der Waals surface area contributed by atoms with Crippen molar-refractivity contribution in [1.82, 2.24) is 4.90 Å². The number of amides is 1. The van der Waals surface area contributed by atoms with Crippen LogP contribution in [0, 0.1) is 10.1 Å². The number of rotatable bonds is 2. The van der Waals surface area contributed by atoms with Crippen molar-refractivity contribution in [2.24, 2.45) is 0 Å². The van der Waals surface area contributed by atoms with Crippen molar-refractivity contribution in [1.29, 1.82) is 0 Å². The third-order valence-corrected chi connectivity index (χ3v) is 4.68. The molecule has 19 heavy (non-hydrogen) atoms. The molecule has 1 aliphatic rings. The Kier molecular flexibility index (Phi) is 3.60. The summed E-state index contributed by atoms with van der Waals surface area (Å²) in [5.74, 6) is 0.541. The summed E-state index contributed by atoms with van der Waals surface area (Å²) in [7, 11) is 0. The molecule has 0 aromatic heterocycles. The number of nitrogens with zero attached hydrogens (tertiary/aromatic N) is 2. The quantitative estimate of drug-likeness (QED) is 0.477. The van der Waals surface area contributed by atoms with E-state index in [0.717, 1.165) is 5.75 Å². The van der Waals surface area contributed by atoms with Crippen LogP contribution in [0.25, 0.3) is 0 Å². The highest BCUT2D eigenvalue weighted by Crippen LogP contribution is 2.34. The fourth-order valence-corrected chi connectivity index (χ4v) is 3.40. The maximum Gasteiger partial charge on any atom is 0.269 e. The number of carbonyl (C=O) groups is 1. The average Bonchev–Trinajstić information content (AvgIpc) is 2.63. The molecule has 1 aromatic rings. The molecule has 1 saturated heterocycles. The van der Waals surface area contributed by atoms with Crippen LogP contribution in [0.1, 0.15) is 24.2 Å². The molecule has 0 radical (unpaired) electrons. The summed E-state index contributed by atoms with van der Waals surface area (Å²) < 4.78 is 0.549. The molecule has 2 rings (SSSR count). The van der Waals surface area contributed by atoms with Gasteiger partial charge in [0, 0.05) is 23.4 Å².